The van der Waals surface area contributed by atoms with E-state index in [1.165, 1.54) is 12.1 Å². The molecule has 7 heteroatoms. The fourth-order valence-electron chi connectivity index (χ4n) is 1.68. The Bertz CT molecular complexity index is 692. The number of benzene rings is 1. The highest BCUT2D eigenvalue weighted by Gasteiger charge is 2.33. The Morgan fingerprint density at radius 2 is 2.00 bits per heavy atom. The molecule has 2 rings (SSSR count). The first-order chi connectivity index (χ1) is 9.90. The molecule has 0 saturated heterocycles. The quantitative estimate of drug-likeness (QED) is 0.683. The molecule has 3 nitrogen and oxygen atoms in total. The Hall–Kier alpha value is -2.33. The maximum Gasteiger partial charge on any atom is 0.435 e. The standard InChI is InChI=1S/C14H11F4N3/c15-12-8-10(2-1-6-19)3-4-11(12)9-21-7-5-13(20-21)14(16,17)18/h3-5,7-8H,6,9,19H2. The van der Waals surface area contributed by atoms with Crippen LogP contribution in [-0.4, -0.2) is 16.3 Å². The largest absolute Gasteiger partial charge is 0.435 e. The summed E-state index contributed by atoms with van der Waals surface area (Å²) >= 11 is 0. The zero-order valence-corrected chi connectivity index (χ0v) is 10.8. The zero-order chi connectivity index (χ0) is 15.5. The van der Waals surface area contributed by atoms with E-state index in [2.05, 4.69) is 16.9 Å². The van der Waals surface area contributed by atoms with E-state index in [0.717, 1.165) is 16.9 Å². The van der Waals surface area contributed by atoms with E-state index < -0.39 is 17.7 Å². The molecular formula is C14H11F4N3. The highest BCUT2D eigenvalue weighted by atomic mass is 19.4. The van der Waals surface area contributed by atoms with Crippen molar-refractivity contribution in [2.24, 2.45) is 5.73 Å². The van der Waals surface area contributed by atoms with Crippen molar-refractivity contribution in [3.05, 3.63) is 53.1 Å². The number of alkyl halides is 3. The Morgan fingerprint density at radius 3 is 2.57 bits per heavy atom. The first-order valence-electron chi connectivity index (χ1n) is 5.98. The van der Waals surface area contributed by atoms with E-state index in [1.807, 2.05) is 0 Å². The molecule has 1 aromatic carbocycles. The van der Waals surface area contributed by atoms with Gasteiger partial charge >= 0.3 is 6.18 Å². The molecule has 0 bridgehead atoms. The van der Waals surface area contributed by atoms with Crippen LogP contribution in [0.1, 0.15) is 16.8 Å². The van der Waals surface area contributed by atoms with Gasteiger partial charge in [-0.1, -0.05) is 17.9 Å². The van der Waals surface area contributed by atoms with Crippen LogP contribution in [0.25, 0.3) is 0 Å². The van der Waals surface area contributed by atoms with E-state index in [0.29, 0.717) is 5.56 Å². The molecule has 0 aliphatic heterocycles. The van der Waals surface area contributed by atoms with Gasteiger partial charge in [0, 0.05) is 17.3 Å². The summed E-state index contributed by atoms with van der Waals surface area (Å²) < 4.78 is 52.1. The smallest absolute Gasteiger partial charge is 0.320 e. The number of halogens is 4. The summed E-state index contributed by atoms with van der Waals surface area (Å²) in [5.41, 5.74) is 4.89. The van der Waals surface area contributed by atoms with E-state index >= 15 is 0 Å². The number of nitrogens with zero attached hydrogens (tertiary/aromatic N) is 2. The Labute approximate surface area is 118 Å². The summed E-state index contributed by atoms with van der Waals surface area (Å²) in [4.78, 5) is 0. The van der Waals surface area contributed by atoms with Gasteiger partial charge in [-0.05, 0) is 18.2 Å². The summed E-state index contributed by atoms with van der Waals surface area (Å²) in [7, 11) is 0. The lowest BCUT2D eigenvalue weighted by molar-refractivity contribution is -0.141. The molecule has 110 valence electrons. The average molecular weight is 297 g/mol. The van der Waals surface area contributed by atoms with Crippen LogP contribution < -0.4 is 5.73 Å². The number of rotatable bonds is 2. The van der Waals surface area contributed by atoms with Gasteiger partial charge in [-0.25, -0.2) is 4.39 Å². The van der Waals surface area contributed by atoms with Gasteiger partial charge < -0.3 is 5.73 Å². The molecule has 0 spiro atoms. The van der Waals surface area contributed by atoms with Crippen LogP contribution in [0.2, 0.25) is 0 Å². The molecule has 2 N–H and O–H groups in total. The minimum absolute atomic E-state index is 0.0908. The van der Waals surface area contributed by atoms with Crippen molar-refractivity contribution >= 4 is 0 Å². The van der Waals surface area contributed by atoms with Crippen LogP contribution in [0.4, 0.5) is 17.6 Å². The maximum atomic E-state index is 13.8. The third kappa shape index (κ3) is 3.83. The Kier molecular flexibility index (Phi) is 4.29. The summed E-state index contributed by atoms with van der Waals surface area (Å²) in [6, 6.07) is 5.10. The maximum absolute atomic E-state index is 13.8. The molecule has 0 aliphatic carbocycles. The molecule has 1 aromatic heterocycles. The Balaban J connectivity index is 2.18. The van der Waals surface area contributed by atoms with Gasteiger partial charge in [-0.2, -0.15) is 18.3 Å². The van der Waals surface area contributed by atoms with E-state index in [9.17, 15) is 17.6 Å². The van der Waals surface area contributed by atoms with Gasteiger partial charge in [0.2, 0.25) is 0 Å². The molecule has 0 amide bonds. The van der Waals surface area contributed by atoms with Crippen LogP contribution in [-0.2, 0) is 12.7 Å². The molecule has 0 unspecified atom stereocenters. The predicted octanol–water partition coefficient (Wildman–Crippen LogP) is 2.40. The highest BCUT2D eigenvalue weighted by molar-refractivity contribution is 5.37. The molecule has 0 saturated carbocycles. The minimum Gasteiger partial charge on any atom is -0.320 e. The average Bonchev–Trinajstić information content (AvgIpc) is 2.88. The molecule has 21 heavy (non-hydrogen) atoms. The van der Waals surface area contributed by atoms with E-state index in [1.54, 1.807) is 6.07 Å². The molecule has 0 radical (unpaired) electrons. The van der Waals surface area contributed by atoms with Crippen molar-refractivity contribution in [1.29, 1.82) is 0 Å². The van der Waals surface area contributed by atoms with Gasteiger partial charge in [0.15, 0.2) is 5.69 Å². The normalized spacial score (nSPS) is 11.1. The molecule has 2 aromatic rings. The summed E-state index contributed by atoms with van der Waals surface area (Å²) in [6.07, 6.45) is -3.35. The number of hydrogen-bond acceptors (Lipinski definition) is 2. The van der Waals surface area contributed by atoms with Gasteiger partial charge in [0.1, 0.15) is 5.82 Å². The van der Waals surface area contributed by atoms with E-state index in [4.69, 9.17) is 5.73 Å². The van der Waals surface area contributed by atoms with Crippen molar-refractivity contribution in [3.8, 4) is 11.8 Å². The van der Waals surface area contributed by atoms with Gasteiger partial charge in [0.05, 0.1) is 13.1 Å². The third-order valence-corrected chi connectivity index (χ3v) is 2.65. The van der Waals surface area contributed by atoms with Crippen molar-refractivity contribution in [1.82, 2.24) is 9.78 Å². The van der Waals surface area contributed by atoms with Gasteiger partial charge in [-0.3, -0.25) is 4.68 Å². The molecular weight excluding hydrogens is 286 g/mol. The second kappa shape index (κ2) is 5.97. The zero-order valence-electron chi connectivity index (χ0n) is 10.8. The topological polar surface area (TPSA) is 43.8 Å². The predicted molar refractivity (Wildman–Crippen MR) is 68.7 cm³/mol. The monoisotopic (exact) mass is 297 g/mol. The summed E-state index contributed by atoms with van der Waals surface area (Å²) in [5, 5.41) is 3.37. The SMILES string of the molecule is NCC#Cc1ccc(Cn2ccc(C(F)(F)F)n2)c(F)c1. The number of aromatic nitrogens is 2. The van der Waals surface area contributed by atoms with E-state index in [-0.39, 0.29) is 18.7 Å². The lowest BCUT2D eigenvalue weighted by atomic mass is 10.1. The van der Waals surface area contributed by atoms with Gasteiger partial charge in [0.25, 0.3) is 0 Å². The van der Waals surface area contributed by atoms with Gasteiger partial charge in [-0.15, -0.1) is 0 Å². The highest BCUT2D eigenvalue weighted by Crippen LogP contribution is 2.27. The van der Waals surface area contributed by atoms with Crippen molar-refractivity contribution < 1.29 is 17.6 Å². The number of hydrogen-bond donors (Lipinski definition) is 1. The van der Waals surface area contributed by atoms with Crippen LogP contribution in [0.15, 0.2) is 30.5 Å². The number of nitrogens with two attached hydrogens (primary N) is 1. The van der Waals surface area contributed by atoms with Crippen LogP contribution in [0.3, 0.4) is 0 Å². The van der Waals surface area contributed by atoms with Crippen LogP contribution in [0.5, 0.6) is 0 Å². The fraction of sp³-hybridized carbons (Fsp3) is 0.214. The molecule has 1 heterocycles. The third-order valence-electron chi connectivity index (χ3n) is 2.65. The summed E-state index contributed by atoms with van der Waals surface area (Å²) in [6.45, 7) is 0.0728. The minimum atomic E-state index is -4.51. The Morgan fingerprint density at radius 1 is 1.24 bits per heavy atom. The fourth-order valence-corrected chi connectivity index (χ4v) is 1.68. The van der Waals surface area contributed by atoms with Crippen LogP contribution in [0, 0.1) is 17.7 Å². The van der Waals surface area contributed by atoms with Crippen molar-refractivity contribution in [2.45, 2.75) is 12.7 Å². The lowest BCUT2D eigenvalue weighted by Crippen LogP contribution is -2.09. The second-order valence-electron chi connectivity index (χ2n) is 4.21. The molecule has 0 aliphatic rings. The molecule has 0 fully saturated rings. The van der Waals surface area contributed by atoms with Crippen LogP contribution >= 0.6 is 0 Å². The first-order valence-corrected chi connectivity index (χ1v) is 5.98. The van der Waals surface area contributed by atoms with Crippen molar-refractivity contribution in [2.75, 3.05) is 6.54 Å². The first kappa shape index (κ1) is 15.1. The second-order valence-corrected chi connectivity index (χ2v) is 4.21. The summed E-state index contributed by atoms with van der Waals surface area (Å²) in [5.74, 6) is 4.71. The lowest BCUT2D eigenvalue weighted by Gasteiger charge is -2.05. The molecule has 0 atom stereocenters. The van der Waals surface area contributed by atoms with Crippen molar-refractivity contribution in [3.63, 3.8) is 0 Å².